The van der Waals surface area contributed by atoms with Crippen LogP contribution in [-0.2, 0) is 6.54 Å². The number of halogens is 1. The highest BCUT2D eigenvalue weighted by atomic mass is 19.1. The predicted molar refractivity (Wildman–Crippen MR) is 83.8 cm³/mol. The Morgan fingerprint density at radius 3 is 2.68 bits per heavy atom. The summed E-state index contributed by atoms with van der Waals surface area (Å²) in [5, 5.41) is 10.5. The molecule has 0 aliphatic rings. The maximum atomic E-state index is 13.2. The lowest BCUT2D eigenvalue weighted by Gasteiger charge is -2.16. The molecule has 0 spiro atoms. The zero-order valence-electron chi connectivity index (χ0n) is 12.3. The van der Waals surface area contributed by atoms with Crippen molar-refractivity contribution in [1.29, 1.82) is 0 Å². The van der Waals surface area contributed by atoms with E-state index in [1.165, 1.54) is 12.1 Å². The zero-order chi connectivity index (χ0) is 15.5. The Balaban J connectivity index is 1.86. The third-order valence-corrected chi connectivity index (χ3v) is 3.71. The van der Waals surface area contributed by atoms with Crippen LogP contribution in [-0.4, -0.2) is 14.7 Å². The van der Waals surface area contributed by atoms with Gasteiger partial charge in [-0.3, -0.25) is 0 Å². The van der Waals surface area contributed by atoms with Crippen LogP contribution in [0.25, 0.3) is 11.4 Å². The SMILES string of the molecule is Cc1cc(F)ccc1C(O)Cn1ccnc1-c1ccccc1. The van der Waals surface area contributed by atoms with Gasteiger partial charge in [0.25, 0.3) is 0 Å². The molecular weight excluding hydrogens is 279 g/mol. The van der Waals surface area contributed by atoms with Gasteiger partial charge in [-0.15, -0.1) is 0 Å². The Hall–Kier alpha value is -2.46. The maximum absolute atomic E-state index is 13.2. The van der Waals surface area contributed by atoms with Crippen LogP contribution in [0.1, 0.15) is 17.2 Å². The fraction of sp³-hybridized carbons (Fsp3) is 0.167. The van der Waals surface area contributed by atoms with Gasteiger partial charge in [0.05, 0.1) is 12.6 Å². The molecule has 0 aliphatic heterocycles. The first-order valence-electron chi connectivity index (χ1n) is 7.16. The average molecular weight is 296 g/mol. The van der Waals surface area contributed by atoms with Crippen molar-refractivity contribution >= 4 is 0 Å². The molecule has 2 aromatic carbocycles. The van der Waals surface area contributed by atoms with E-state index in [1.807, 2.05) is 41.1 Å². The molecule has 0 amide bonds. The minimum Gasteiger partial charge on any atom is -0.387 e. The van der Waals surface area contributed by atoms with Crippen LogP contribution in [0.15, 0.2) is 60.9 Å². The van der Waals surface area contributed by atoms with Crippen molar-refractivity contribution in [3.63, 3.8) is 0 Å². The molecule has 1 N–H and O–H groups in total. The molecule has 1 heterocycles. The molecule has 3 nitrogen and oxygen atoms in total. The van der Waals surface area contributed by atoms with Crippen molar-refractivity contribution in [1.82, 2.24) is 9.55 Å². The molecule has 0 aliphatic carbocycles. The van der Waals surface area contributed by atoms with E-state index in [-0.39, 0.29) is 5.82 Å². The highest BCUT2D eigenvalue weighted by Gasteiger charge is 2.14. The van der Waals surface area contributed by atoms with Crippen molar-refractivity contribution in [2.45, 2.75) is 19.6 Å². The van der Waals surface area contributed by atoms with Crippen LogP contribution >= 0.6 is 0 Å². The molecule has 0 saturated heterocycles. The predicted octanol–water partition coefficient (Wildman–Crippen LogP) is 3.73. The first-order chi connectivity index (χ1) is 10.6. The average Bonchev–Trinajstić information content (AvgIpc) is 2.96. The lowest BCUT2D eigenvalue weighted by molar-refractivity contribution is 0.156. The summed E-state index contributed by atoms with van der Waals surface area (Å²) in [7, 11) is 0. The van der Waals surface area contributed by atoms with Gasteiger partial charge in [0.2, 0.25) is 0 Å². The molecule has 4 heteroatoms. The van der Waals surface area contributed by atoms with E-state index in [0.29, 0.717) is 6.54 Å². The highest BCUT2D eigenvalue weighted by Crippen LogP contribution is 2.23. The van der Waals surface area contributed by atoms with Crippen molar-refractivity contribution in [2.75, 3.05) is 0 Å². The molecule has 1 atom stereocenters. The lowest BCUT2D eigenvalue weighted by Crippen LogP contribution is -2.10. The number of rotatable bonds is 4. The maximum Gasteiger partial charge on any atom is 0.139 e. The van der Waals surface area contributed by atoms with Gasteiger partial charge in [-0.05, 0) is 30.2 Å². The second-order valence-corrected chi connectivity index (χ2v) is 5.29. The molecule has 0 radical (unpaired) electrons. The van der Waals surface area contributed by atoms with Crippen LogP contribution in [0.2, 0.25) is 0 Å². The second-order valence-electron chi connectivity index (χ2n) is 5.29. The monoisotopic (exact) mass is 296 g/mol. The lowest BCUT2D eigenvalue weighted by atomic mass is 10.0. The third kappa shape index (κ3) is 2.92. The minimum absolute atomic E-state index is 0.291. The summed E-state index contributed by atoms with van der Waals surface area (Å²) in [4.78, 5) is 4.36. The largest absolute Gasteiger partial charge is 0.387 e. The quantitative estimate of drug-likeness (QED) is 0.796. The number of aromatic nitrogens is 2. The van der Waals surface area contributed by atoms with E-state index in [2.05, 4.69) is 4.98 Å². The molecule has 1 unspecified atom stereocenters. The van der Waals surface area contributed by atoms with Crippen LogP contribution in [0, 0.1) is 12.7 Å². The van der Waals surface area contributed by atoms with Gasteiger partial charge in [-0.2, -0.15) is 0 Å². The Morgan fingerprint density at radius 2 is 1.95 bits per heavy atom. The van der Waals surface area contributed by atoms with Gasteiger partial charge in [-0.1, -0.05) is 36.4 Å². The molecule has 0 fully saturated rings. The van der Waals surface area contributed by atoms with Crippen molar-refractivity contribution < 1.29 is 9.50 Å². The molecular formula is C18H17FN2O. The first kappa shape index (κ1) is 14.5. The number of aliphatic hydroxyl groups excluding tert-OH is 1. The number of benzene rings is 2. The summed E-state index contributed by atoms with van der Waals surface area (Å²) in [6.45, 7) is 2.17. The molecule has 0 bridgehead atoms. The molecule has 3 rings (SSSR count). The number of aryl methyl sites for hydroxylation is 1. The van der Waals surface area contributed by atoms with E-state index >= 15 is 0 Å². The van der Waals surface area contributed by atoms with Gasteiger partial charge in [-0.25, -0.2) is 9.37 Å². The Labute approximate surface area is 128 Å². The van der Waals surface area contributed by atoms with E-state index in [0.717, 1.165) is 22.5 Å². The normalized spacial score (nSPS) is 12.3. The summed E-state index contributed by atoms with van der Waals surface area (Å²) >= 11 is 0. The van der Waals surface area contributed by atoms with Crippen LogP contribution in [0.3, 0.4) is 0 Å². The summed E-state index contributed by atoms with van der Waals surface area (Å²) < 4.78 is 15.1. The number of nitrogens with zero attached hydrogens (tertiary/aromatic N) is 2. The Kier molecular flexibility index (Phi) is 4.02. The topological polar surface area (TPSA) is 38.0 Å². The van der Waals surface area contributed by atoms with E-state index < -0.39 is 6.10 Å². The fourth-order valence-corrected chi connectivity index (χ4v) is 2.60. The molecule has 0 saturated carbocycles. The standard InChI is InChI=1S/C18H17FN2O/c1-13-11-15(19)7-8-16(13)17(22)12-21-10-9-20-18(21)14-5-3-2-4-6-14/h2-11,17,22H,12H2,1H3. The van der Waals surface area contributed by atoms with Gasteiger partial charge < -0.3 is 9.67 Å². The van der Waals surface area contributed by atoms with Crippen molar-refractivity contribution in [3.05, 3.63) is 77.9 Å². The molecule has 3 aromatic rings. The second kappa shape index (κ2) is 6.12. The first-order valence-corrected chi connectivity index (χ1v) is 7.16. The number of hydrogen-bond acceptors (Lipinski definition) is 2. The molecule has 1 aromatic heterocycles. The number of imidazole rings is 1. The van der Waals surface area contributed by atoms with Crippen molar-refractivity contribution in [2.24, 2.45) is 0 Å². The summed E-state index contributed by atoms with van der Waals surface area (Å²) in [5.41, 5.74) is 2.47. The van der Waals surface area contributed by atoms with Crippen LogP contribution in [0.5, 0.6) is 0 Å². The van der Waals surface area contributed by atoms with Crippen LogP contribution in [0.4, 0.5) is 4.39 Å². The van der Waals surface area contributed by atoms with Gasteiger partial charge >= 0.3 is 0 Å². The molecule has 112 valence electrons. The number of hydrogen-bond donors (Lipinski definition) is 1. The van der Waals surface area contributed by atoms with E-state index in [9.17, 15) is 9.50 Å². The summed E-state index contributed by atoms with van der Waals surface area (Å²) in [6, 6.07) is 14.3. The highest BCUT2D eigenvalue weighted by molar-refractivity contribution is 5.55. The smallest absolute Gasteiger partial charge is 0.139 e. The minimum atomic E-state index is -0.711. The van der Waals surface area contributed by atoms with E-state index in [1.54, 1.807) is 19.2 Å². The van der Waals surface area contributed by atoms with Gasteiger partial charge in [0.1, 0.15) is 11.6 Å². The van der Waals surface area contributed by atoms with Crippen LogP contribution < -0.4 is 0 Å². The van der Waals surface area contributed by atoms with E-state index in [4.69, 9.17) is 0 Å². The Morgan fingerprint density at radius 1 is 1.18 bits per heavy atom. The van der Waals surface area contributed by atoms with Gasteiger partial charge in [0.15, 0.2) is 0 Å². The molecule has 22 heavy (non-hydrogen) atoms. The zero-order valence-corrected chi connectivity index (χ0v) is 12.3. The fourth-order valence-electron chi connectivity index (χ4n) is 2.60. The van der Waals surface area contributed by atoms with Crippen molar-refractivity contribution in [3.8, 4) is 11.4 Å². The third-order valence-electron chi connectivity index (χ3n) is 3.71. The van der Waals surface area contributed by atoms with Gasteiger partial charge in [0, 0.05) is 18.0 Å². The number of aliphatic hydroxyl groups is 1. The Bertz CT molecular complexity index is 768. The summed E-state index contributed by atoms with van der Waals surface area (Å²) in [6.07, 6.45) is 2.84. The summed E-state index contributed by atoms with van der Waals surface area (Å²) in [5.74, 6) is 0.514.